The third-order valence-electron chi connectivity index (χ3n) is 3.36. The molecule has 1 heterocycles. The molecule has 1 aliphatic rings. The number of halogens is 3. The second-order valence-electron chi connectivity index (χ2n) is 4.44. The Bertz CT molecular complexity index is 365. The van der Waals surface area contributed by atoms with E-state index < -0.39 is 0 Å². The maximum absolute atomic E-state index is 6.25. The Kier molecular flexibility index (Phi) is 6.01. The Labute approximate surface area is 118 Å². The molecule has 0 radical (unpaired) electrons. The molecule has 2 N–H and O–H groups in total. The highest BCUT2D eigenvalue weighted by molar-refractivity contribution is 6.32. The lowest BCUT2D eigenvalue weighted by Crippen LogP contribution is -2.24. The number of hydrogen-bond donors (Lipinski definition) is 1. The summed E-state index contributed by atoms with van der Waals surface area (Å²) in [5.41, 5.74) is 7.18. The summed E-state index contributed by atoms with van der Waals surface area (Å²) in [7, 11) is 0. The molecule has 2 rings (SSSR count). The zero-order valence-corrected chi connectivity index (χ0v) is 11.9. The minimum absolute atomic E-state index is 0. The molecule has 1 aliphatic carbocycles. The second-order valence-corrected chi connectivity index (χ2v) is 5.18. The van der Waals surface area contributed by atoms with Gasteiger partial charge >= 0.3 is 0 Å². The van der Waals surface area contributed by atoms with Crippen LogP contribution in [0.2, 0.25) is 10.3 Å². The lowest BCUT2D eigenvalue weighted by molar-refractivity contribution is 0.308. The molecule has 5 heteroatoms. The van der Waals surface area contributed by atoms with Crippen LogP contribution >= 0.6 is 35.6 Å². The molecule has 96 valence electrons. The molecule has 1 saturated carbocycles. The van der Waals surface area contributed by atoms with Crippen LogP contribution in [0.4, 0.5) is 0 Å². The Morgan fingerprint density at radius 2 is 1.82 bits per heavy atom. The van der Waals surface area contributed by atoms with Crippen LogP contribution < -0.4 is 5.73 Å². The van der Waals surface area contributed by atoms with Crippen molar-refractivity contribution in [3.8, 4) is 0 Å². The molecule has 17 heavy (non-hydrogen) atoms. The van der Waals surface area contributed by atoms with Crippen LogP contribution in [0.3, 0.4) is 0 Å². The molecule has 0 bridgehead atoms. The minimum atomic E-state index is -0.00225. The van der Waals surface area contributed by atoms with Gasteiger partial charge in [0.05, 0.1) is 0 Å². The normalized spacial score (nSPS) is 18.5. The van der Waals surface area contributed by atoms with Gasteiger partial charge in [-0.05, 0) is 24.8 Å². The van der Waals surface area contributed by atoms with Crippen molar-refractivity contribution in [2.24, 2.45) is 11.7 Å². The van der Waals surface area contributed by atoms with Gasteiger partial charge in [-0.15, -0.1) is 12.4 Å². The summed E-state index contributed by atoms with van der Waals surface area (Å²) in [5.74, 6) is 0.536. The van der Waals surface area contributed by atoms with Gasteiger partial charge in [-0.1, -0.05) is 48.5 Å². The van der Waals surface area contributed by atoms with Crippen molar-refractivity contribution >= 4 is 35.6 Å². The van der Waals surface area contributed by atoms with E-state index in [0.29, 0.717) is 16.2 Å². The number of hydrogen-bond acceptors (Lipinski definition) is 2. The minimum Gasteiger partial charge on any atom is -0.324 e. The van der Waals surface area contributed by atoms with E-state index in [4.69, 9.17) is 28.9 Å². The summed E-state index contributed by atoms with van der Waals surface area (Å²) in [4.78, 5) is 4.04. The highest BCUT2D eigenvalue weighted by Gasteiger charge is 2.23. The molecule has 1 fully saturated rings. The van der Waals surface area contributed by atoms with E-state index in [1.807, 2.05) is 6.07 Å². The molecule has 0 spiro atoms. The van der Waals surface area contributed by atoms with Gasteiger partial charge in [0, 0.05) is 11.6 Å². The fourth-order valence-electron chi connectivity index (χ4n) is 2.42. The first-order valence-electron chi connectivity index (χ1n) is 5.76. The highest BCUT2D eigenvalue weighted by atomic mass is 35.5. The van der Waals surface area contributed by atoms with Crippen molar-refractivity contribution in [2.45, 2.75) is 38.1 Å². The molecular weight excluding hydrogens is 279 g/mol. The maximum atomic E-state index is 6.25. The smallest absolute Gasteiger partial charge is 0.135 e. The van der Waals surface area contributed by atoms with Crippen LogP contribution in [0.5, 0.6) is 0 Å². The van der Waals surface area contributed by atoms with Crippen molar-refractivity contribution in [1.29, 1.82) is 0 Å². The number of nitrogens with two attached hydrogens (primary N) is 1. The Balaban J connectivity index is 0.00000144. The molecule has 0 aliphatic heterocycles. The first-order valence-corrected chi connectivity index (χ1v) is 6.51. The summed E-state index contributed by atoms with van der Waals surface area (Å²) in [6.45, 7) is 0. The van der Waals surface area contributed by atoms with E-state index in [2.05, 4.69) is 4.98 Å². The fourth-order valence-corrected chi connectivity index (χ4v) is 2.89. The monoisotopic (exact) mass is 294 g/mol. The molecule has 2 nitrogen and oxygen atoms in total. The van der Waals surface area contributed by atoms with Crippen molar-refractivity contribution in [3.05, 3.63) is 28.0 Å². The fraction of sp³-hybridized carbons (Fsp3) is 0.583. The number of rotatable bonds is 2. The van der Waals surface area contributed by atoms with Gasteiger partial charge in [0.25, 0.3) is 0 Å². The standard InChI is InChI=1S/C12H16Cl2N2.ClH/c13-10-7-6-9(12(14)16-10)11(15)8-4-2-1-3-5-8;/h6-8,11H,1-5,15H2;1H/t11-;/m0./s1. The molecule has 1 aromatic rings. The zero-order chi connectivity index (χ0) is 11.5. The predicted molar refractivity (Wildman–Crippen MR) is 75.0 cm³/mol. The summed E-state index contributed by atoms with van der Waals surface area (Å²) >= 11 is 11.8. The summed E-state index contributed by atoms with van der Waals surface area (Å²) in [6, 6.07) is 3.65. The zero-order valence-electron chi connectivity index (χ0n) is 9.53. The number of pyridine rings is 1. The van der Waals surface area contributed by atoms with Gasteiger partial charge in [-0.3, -0.25) is 0 Å². The SMILES string of the molecule is Cl.N[C@H](c1ccc(Cl)nc1Cl)C1CCCCC1. The van der Waals surface area contributed by atoms with E-state index >= 15 is 0 Å². The third kappa shape index (κ3) is 3.72. The first kappa shape index (κ1) is 15.0. The molecule has 1 aromatic heterocycles. The van der Waals surface area contributed by atoms with Crippen LogP contribution in [0.25, 0.3) is 0 Å². The van der Waals surface area contributed by atoms with Crippen molar-refractivity contribution in [3.63, 3.8) is 0 Å². The molecule has 0 aromatic carbocycles. The summed E-state index contributed by atoms with van der Waals surface area (Å²) in [6.07, 6.45) is 6.27. The average Bonchev–Trinajstić information content (AvgIpc) is 2.29. The molecular formula is C12H17Cl3N2. The van der Waals surface area contributed by atoms with Crippen LogP contribution in [0.15, 0.2) is 12.1 Å². The van der Waals surface area contributed by atoms with E-state index in [-0.39, 0.29) is 18.4 Å². The predicted octanol–water partition coefficient (Wildman–Crippen LogP) is 4.39. The average molecular weight is 296 g/mol. The highest BCUT2D eigenvalue weighted by Crippen LogP contribution is 2.35. The lowest BCUT2D eigenvalue weighted by atomic mass is 9.82. The van der Waals surface area contributed by atoms with Crippen molar-refractivity contribution < 1.29 is 0 Å². The van der Waals surface area contributed by atoms with Crippen molar-refractivity contribution in [2.75, 3.05) is 0 Å². The molecule has 1 atom stereocenters. The summed E-state index contributed by atoms with van der Waals surface area (Å²) < 4.78 is 0. The second kappa shape index (κ2) is 6.79. The Hall–Kier alpha value is -0.0200. The van der Waals surface area contributed by atoms with Gasteiger partial charge in [-0.2, -0.15) is 0 Å². The van der Waals surface area contributed by atoms with Crippen molar-refractivity contribution in [1.82, 2.24) is 4.98 Å². The van der Waals surface area contributed by atoms with Crippen LogP contribution in [0, 0.1) is 5.92 Å². The van der Waals surface area contributed by atoms with E-state index in [1.54, 1.807) is 6.07 Å². The van der Waals surface area contributed by atoms with Crippen LogP contribution in [-0.4, -0.2) is 4.98 Å². The quantitative estimate of drug-likeness (QED) is 0.822. The molecule has 0 unspecified atom stereocenters. The van der Waals surface area contributed by atoms with Gasteiger partial charge in [0.15, 0.2) is 0 Å². The summed E-state index contributed by atoms with van der Waals surface area (Å²) in [5, 5.41) is 0.871. The number of aromatic nitrogens is 1. The number of nitrogens with zero attached hydrogens (tertiary/aromatic N) is 1. The Morgan fingerprint density at radius 1 is 1.18 bits per heavy atom. The maximum Gasteiger partial charge on any atom is 0.135 e. The first-order chi connectivity index (χ1) is 7.68. The van der Waals surface area contributed by atoms with Crippen LogP contribution in [0.1, 0.15) is 43.7 Å². The van der Waals surface area contributed by atoms with E-state index in [9.17, 15) is 0 Å². The van der Waals surface area contributed by atoms with Gasteiger partial charge in [-0.25, -0.2) is 4.98 Å². The molecule has 0 amide bonds. The van der Waals surface area contributed by atoms with E-state index in [1.165, 1.54) is 32.1 Å². The molecule has 0 saturated heterocycles. The lowest BCUT2D eigenvalue weighted by Gasteiger charge is -2.28. The Morgan fingerprint density at radius 3 is 2.41 bits per heavy atom. The third-order valence-corrected chi connectivity index (χ3v) is 3.87. The van der Waals surface area contributed by atoms with Gasteiger partial charge in [0.2, 0.25) is 0 Å². The topological polar surface area (TPSA) is 38.9 Å². The van der Waals surface area contributed by atoms with Crippen LogP contribution in [-0.2, 0) is 0 Å². The van der Waals surface area contributed by atoms with E-state index in [0.717, 1.165) is 5.56 Å². The van der Waals surface area contributed by atoms with Gasteiger partial charge in [0.1, 0.15) is 10.3 Å². The van der Waals surface area contributed by atoms with Gasteiger partial charge < -0.3 is 5.73 Å². The largest absolute Gasteiger partial charge is 0.324 e.